The smallest absolute Gasteiger partial charge is 0.303 e. The number of benzene rings is 2. The molecule has 1 heterocycles. The standard InChI is InChI=1S/C18H14O4/c1-12(19)22-18(13-7-3-2-4-8-13)15-11-21-16-10-6-5-9-14(16)17(15)20/h2-11,18H,1H3. The average Bonchev–Trinajstić information content (AvgIpc) is 2.54. The first-order valence-corrected chi connectivity index (χ1v) is 6.89. The van der Waals surface area contributed by atoms with Gasteiger partial charge in [-0.25, -0.2) is 0 Å². The second-order valence-corrected chi connectivity index (χ2v) is 4.92. The van der Waals surface area contributed by atoms with E-state index in [1.165, 1.54) is 13.2 Å². The van der Waals surface area contributed by atoms with E-state index in [9.17, 15) is 9.59 Å². The number of rotatable bonds is 3. The lowest BCUT2D eigenvalue weighted by molar-refractivity contribution is -0.144. The quantitative estimate of drug-likeness (QED) is 0.694. The first-order chi connectivity index (χ1) is 10.7. The van der Waals surface area contributed by atoms with Crippen molar-refractivity contribution in [3.63, 3.8) is 0 Å². The van der Waals surface area contributed by atoms with E-state index in [1.807, 2.05) is 30.3 Å². The van der Waals surface area contributed by atoms with Gasteiger partial charge in [0.15, 0.2) is 11.5 Å². The molecular formula is C18H14O4. The lowest BCUT2D eigenvalue weighted by atomic mass is 10.0. The van der Waals surface area contributed by atoms with Gasteiger partial charge in [-0.2, -0.15) is 0 Å². The average molecular weight is 294 g/mol. The molecule has 3 aromatic rings. The fourth-order valence-corrected chi connectivity index (χ4v) is 2.38. The van der Waals surface area contributed by atoms with E-state index in [0.717, 1.165) is 5.56 Å². The molecule has 0 amide bonds. The molecule has 4 nitrogen and oxygen atoms in total. The Hall–Kier alpha value is -2.88. The molecule has 1 atom stereocenters. The van der Waals surface area contributed by atoms with Crippen LogP contribution >= 0.6 is 0 Å². The first-order valence-electron chi connectivity index (χ1n) is 6.89. The number of carbonyl (C=O) groups excluding carboxylic acids is 1. The van der Waals surface area contributed by atoms with Crippen LogP contribution in [0.25, 0.3) is 11.0 Å². The van der Waals surface area contributed by atoms with Crippen LogP contribution < -0.4 is 5.43 Å². The summed E-state index contributed by atoms with van der Waals surface area (Å²) < 4.78 is 10.9. The van der Waals surface area contributed by atoms with Gasteiger partial charge in [-0.1, -0.05) is 42.5 Å². The Balaban J connectivity index is 2.18. The summed E-state index contributed by atoms with van der Waals surface area (Å²) in [5, 5.41) is 0.466. The number of hydrogen-bond donors (Lipinski definition) is 0. The Morgan fingerprint density at radius 1 is 1.05 bits per heavy atom. The maximum absolute atomic E-state index is 12.7. The normalized spacial score (nSPS) is 12.0. The van der Waals surface area contributed by atoms with Crippen LogP contribution in [0.2, 0.25) is 0 Å². The van der Waals surface area contributed by atoms with Crippen molar-refractivity contribution >= 4 is 16.9 Å². The van der Waals surface area contributed by atoms with Gasteiger partial charge < -0.3 is 9.15 Å². The Morgan fingerprint density at radius 2 is 1.73 bits per heavy atom. The molecule has 0 aliphatic heterocycles. The van der Waals surface area contributed by atoms with Crippen LogP contribution in [0.15, 0.2) is 70.1 Å². The second kappa shape index (κ2) is 5.85. The highest BCUT2D eigenvalue weighted by Gasteiger charge is 2.22. The van der Waals surface area contributed by atoms with Crippen molar-refractivity contribution < 1.29 is 13.9 Å². The fraction of sp³-hybridized carbons (Fsp3) is 0.111. The summed E-state index contributed by atoms with van der Waals surface area (Å²) in [5.41, 5.74) is 1.34. The van der Waals surface area contributed by atoms with Gasteiger partial charge in [0.05, 0.1) is 10.9 Å². The van der Waals surface area contributed by atoms with Gasteiger partial charge in [-0.3, -0.25) is 9.59 Å². The molecule has 0 fully saturated rings. The highest BCUT2D eigenvalue weighted by atomic mass is 16.5. The third-order valence-electron chi connectivity index (χ3n) is 3.38. The van der Waals surface area contributed by atoms with E-state index in [4.69, 9.17) is 9.15 Å². The Bertz CT molecular complexity index is 865. The molecule has 0 radical (unpaired) electrons. The third kappa shape index (κ3) is 2.63. The molecule has 2 aromatic carbocycles. The van der Waals surface area contributed by atoms with E-state index in [0.29, 0.717) is 16.5 Å². The number of para-hydroxylation sites is 1. The summed E-state index contributed by atoms with van der Waals surface area (Å²) >= 11 is 0. The number of hydrogen-bond acceptors (Lipinski definition) is 4. The highest BCUT2D eigenvalue weighted by molar-refractivity contribution is 5.77. The summed E-state index contributed by atoms with van der Waals surface area (Å²) in [7, 11) is 0. The number of ether oxygens (including phenoxy) is 1. The molecule has 3 rings (SSSR count). The molecule has 0 spiro atoms. The lowest BCUT2D eigenvalue weighted by Crippen LogP contribution is -2.18. The van der Waals surface area contributed by atoms with Crippen molar-refractivity contribution in [3.8, 4) is 0 Å². The van der Waals surface area contributed by atoms with E-state index in [-0.39, 0.29) is 5.43 Å². The molecule has 0 saturated heterocycles. The van der Waals surface area contributed by atoms with Crippen LogP contribution in [0.1, 0.15) is 24.2 Å². The molecular weight excluding hydrogens is 280 g/mol. The predicted octanol–water partition coefficient (Wildman–Crippen LogP) is 3.45. The minimum Gasteiger partial charge on any atom is -0.464 e. The van der Waals surface area contributed by atoms with E-state index in [1.54, 1.807) is 24.3 Å². The Kier molecular flexibility index (Phi) is 3.74. The van der Waals surface area contributed by atoms with Crippen LogP contribution in [0, 0.1) is 0 Å². The maximum atomic E-state index is 12.7. The van der Waals surface area contributed by atoms with Gasteiger partial charge in [0.25, 0.3) is 0 Å². The molecule has 22 heavy (non-hydrogen) atoms. The van der Waals surface area contributed by atoms with E-state index >= 15 is 0 Å². The third-order valence-corrected chi connectivity index (χ3v) is 3.38. The van der Waals surface area contributed by atoms with Crippen molar-refractivity contribution in [2.45, 2.75) is 13.0 Å². The van der Waals surface area contributed by atoms with E-state index < -0.39 is 12.1 Å². The number of esters is 1. The Labute approximate surface area is 127 Å². The molecule has 1 aromatic heterocycles. The molecule has 0 aliphatic rings. The van der Waals surface area contributed by atoms with Crippen LogP contribution in [0.3, 0.4) is 0 Å². The van der Waals surface area contributed by atoms with Crippen molar-refractivity contribution in [2.24, 2.45) is 0 Å². The first kappa shape index (κ1) is 14.1. The summed E-state index contributed by atoms with van der Waals surface area (Å²) in [6.07, 6.45) is 0.588. The van der Waals surface area contributed by atoms with Crippen molar-refractivity contribution in [1.29, 1.82) is 0 Å². The number of fused-ring (bicyclic) bond motifs is 1. The summed E-state index contributed by atoms with van der Waals surface area (Å²) in [5.74, 6) is -0.457. The molecule has 4 heteroatoms. The topological polar surface area (TPSA) is 56.5 Å². The molecule has 110 valence electrons. The van der Waals surface area contributed by atoms with Crippen LogP contribution in [0.5, 0.6) is 0 Å². The molecule has 0 aliphatic carbocycles. The minimum absolute atomic E-state index is 0.197. The van der Waals surface area contributed by atoms with Crippen LogP contribution in [-0.4, -0.2) is 5.97 Å². The summed E-state index contributed by atoms with van der Waals surface area (Å²) in [6, 6.07) is 16.1. The van der Waals surface area contributed by atoms with Gasteiger partial charge in [0.2, 0.25) is 0 Å². The van der Waals surface area contributed by atoms with Crippen molar-refractivity contribution in [1.82, 2.24) is 0 Å². The minimum atomic E-state index is -0.778. The Morgan fingerprint density at radius 3 is 2.45 bits per heavy atom. The molecule has 0 N–H and O–H groups in total. The summed E-state index contributed by atoms with van der Waals surface area (Å²) in [4.78, 5) is 24.1. The molecule has 1 unspecified atom stereocenters. The zero-order chi connectivity index (χ0) is 15.5. The van der Waals surface area contributed by atoms with Crippen molar-refractivity contribution in [3.05, 3.63) is 82.2 Å². The lowest BCUT2D eigenvalue weighted by Gasteiger charge is -2.17. The van der Waals surface area contributed by atoms with Gasteiger partial charge in [-0.05, 0) is 17.7 Å². The second-order valence-electron chi connectivity index (χ2n) is 4.92. The molecule has 0 bridgehead atoms. The number of carbonyl (C=O) groups is 1. The summed E-state index contributed by atoms with van der Waals surface area (Å²) in [6.45, 7) is 1.32. The zero-order valence-electron chi connectivity index (χ0n) is 12.0. The van der Waals surface area contributed by atoms with Gasteiger partial charge >= 0.3 is 5.97 Å². The molecule has 0 saturated carbocycles. The zero-order valence-corrected chi connectivity index (χ0v) is 12.0. The van der Waals surface area contributed by atoms with Gasteiger partial charge in [0, 0.05) is 6.92 Å². The van der Waals surface area contributed by atoms with Gasteiger partial charge in [-0.15, -0.1) is 0 Å². The maximum Gasteiger partial charge on any atom is 0.303 e. The van der Waals surface area contributed by atoms with Gasteiger partial charge in [0.1, 0.15) is 11.8 Å². The highest BCUT2D eigenvalue weighted by Crippen LogP contribution is 2.25. The van der Waals surface area contributed by atoms with Crippen LogP contribution in [-0.2, 0) is 9.53 Å². The predicted molar refractivity (Wildman–Crippen MR) is 82.5 cm³/mol. The fourth-order valence-electron chi connectivity index (χ4n) is 2.38. The van der Waals surface area contributed by atoms with Crippen molar-refractivity contribution in [2.75, 3.05) is 0 Å². The monoisotopic (exact) mass is 294 g/mol. The van der Waals surface area contributed by atoms with Crippen LogP contribution in [0.4, 0.5) is 0 Å². The largest absolute Gasteiger partial charge is 0.464 e. The SMILES string of the molecule is CC(=O)OC(c1ccccc1)c1coc2ccccc2c1=O. The van der Waals surface area contributed by atoms with E-state index in [2.05, 4.69) is 0 Å².